The molecule has 0 unspecified atom stereocenters. The first-order chi connectivity index (χ1) is 12.2. The largest absolute Gasteiger partial charge is 0.454 e. The van der Waals surface area contributed by atoms with Crippen molar-refractivity contribution in [2.45, 2.75) is 13.5 Å². The van der Waals surface area contributed by atoms with Crippen LogP contribution in [0.15, 0.2) is 59.1 Å². The molecule has 0 N–H and O–H groups in total. The van der Waals surface area contributed by atoms with Crippen molar-refractivity contribution in [2.24, 2.45) is 0 Å². The van der Waals surface area contributed by atoms with Crippen molar-refractivity contribution in [3.05, 3.63) is 70.9 Å². The Morgan fingerprint density at radius 3 is 2.76 bits per heavy atom. The number of rotatable bonds is 4. The third-order valence-electron chi connectivity index (χ3n) is 3.71. The van der Waals surface area contributed by atoms with E-state index in [1.165, 1.54) is 16.9 Å². The lowest BCUT2D eigenvalue weighted by Crippen LogP contribution is -2.04. The summed E-state index contributed by atoms with van der Waals surface area (Å²) < 4.78 is 11.6. The van der Waals surface area contributed by atoms with Gasteiger partial charge in [0.05, 0.1) is 10.2 Å². The summed E-state index contributed by atoms with van der Waals surface area (Å²) in [5.41, 5.74) is 3.46. The maximum Gasteiger partial charge on any atom is 0.367 e. The third-order valence-corrected chi connectivity index (χ3v) is 4.73. The van der Waals surface area contributed by atoms with Crippen molar-refractivity contribution in [3.63, 3.8) is 0 Å². The summed E-state index contributed by atoms with van der Waals surface area (Å²) in [6.45, 7) is 2.07. The lowest BCUT2D eigenvalue weighted by molar-refractivity contribution is 0.0464. The summed E-state index contributed by atoms with van der Waals surface area (Å²) in [5.74, 6) is 0.187. The summed E-state index contributed by atoms with van der Waals surface area (Å²) in [7, 11) is 0. The molecule has 4 aromatic rings. The number of aryl methyl sites for hydroxylation is 1. The third kappa shape index (κ3) is 3.29. The maximum absolute atomic E-state index is 12.2. The highest BCUT2D eigenvalue weighted by Crippen LogP contribution is 2.23. The van der Waals surface area contributed by atoms with Crippen LogP contribution in [0.4, 0.5) is 0 Å². The Bertz CT molecular complexity index is 1000. The number of benzene rings is 2. The van der Waals surface area contributed by atoms with Gasteiger partial charge in [-0.2, -0.15) is 0 Å². The van der Waals surface area contributed by atoms with Crippen LogP contribution < -0.4 is 0 Å². The molecule has 0 aliphatic heterocycles. The summed E-state index contributed by atoms with van der Waals surface area (Å²) in [4.78, 5) is 16.5. The number of esters is 1. The minimum Gasteiger partial charge on any atom is -0.454 e. The van der Waals surface area contributed by atoms with Crippen molar-refractivity contribution >= 4 is 27.5 Å². The van der Waals surface area contributed by atoms with Gasteiger partial charge in [0.2, 0.25) is 5.01 Å². The van der Waals surface area contributed by atoms with E-state index in [9.17, 15) is 4.79 Å². The number of hydrogen-bond acceptors (Lipinski definition) is 6. The van der Waals surface area contributed by atoms with Gasteiger partial charge in [-0.05, 0) is 19.1 Å². The molecule has 0 aliphatic carbocycles. The van der Waals surface area contributed by atoms with E-state index in [-0.39, 0.29) is 6.61 Å². The standard InChI is InChI=1S/C19H14N2O3S/c1-12-6-8-13(9-7-12)16-10-14(21-24-16)11-23-19(22)18-20-15-4-2-3-5-17(15)25-18/h2-10H,11H2,1H3. The van der Waals surface area contributed by atoms with E-state index in [0.717, 1.165) is 15.8 Å². The fourth-order valence-electron chi connectivity index (χ4n) is 2.39. The van der Waals surface area contributed by atoms with Crippen LogP contribution in [0, 0.1) is 6.92 Å². The SMILES string of the molecule is Cc1ccc(-c2cc(COC(=O)c3nc4ccccc4s3)no2)cc1. The lowest BCUT2D eigenvalue weighted by atomic mass is 10.1. The Hall–Kier alpha value is -2.99. The molecule has 0 saturated heterocycles. The number of nitrogens with zero attached hydrogens (tertiary/aromatic N) is 2. The Labute approximate surface area is 147 Å². The molecule has 124 valence electrons. The topological polar surface area (TPSA) is 65.2 Å². The van der Waals surface area contributed by atoms with Gasteiger partial charge >= 0.3 is 5.97 Å². The van der Waals surface area contributed by atoms with Gasteiger partial charge in [0.25, 0.3) is 0 Å². The normalized spacial score (nSPS) is 10.9. The number of carbonyl (C=O) groups excluding carboxylic acids is 1. The fraction of sp³-hybridized carbons (Fsp3) is 0.105. The van der Waals surface area contributed by atoms with E-state index in [4.69, 9.17) is 9.26 Å². The van der Waals surface area contributed by atoms with Crippen molar-refractivity contribution in [2.75, 3.05) is 0 Å². The number of para-hydroxylation sites is 1. The number of ether oxygens (including phenoxy) is 1. The molecule has 2 aromatic carbocycles. The Morgan fingerprint density at radius 2 is 1.96 bits per heavy atom. The van der Waals surface area contributed by atoms with Gasteiger partial charge in [-0.15, -0.1) is 11.3 Å². The second kappa shape index (κ2) is 6.49. The van der Waals surface area contributed by atoms with Gasteiger partial charge in [-0.3, -0.25) is 0 Å². The average Bonchev–Trinajstić information content (AvgIpc) is 3.27. The van der Waals surface area contributed by atoms with Crippen LogP contribution in [0.2, 0.25) is 0 Å². The molecule has 0 radical (unpaired) electrons. The number of aromatic nitrogens is 2. The molecule has 6 heteroatoms. The predicted molar refractivity (Wildman–Crippen MR) is 95.4 cm³/mol. The van der Waals surface area contributed by atoms with Crippen LogP contribution in [0.25, 0.3) is 21.5 Å². The second-order valence-corrected chi connectivity index (χ2v) is 6.64. The quantitative estimate of drug-likeness (QED) is 0.503. The lowest BCUT2D eigenvalue weighted by Gasteiger charge is -1.98. The summed E-state index contributed by atoms with van der Waals surface area (Å²) >= 11 is 1.31. The molecule has 0 aliphatic rings. The van der Waals surface area contributed by atoms with Gasteiger partial charge in [0.1, 0.15) is 12.3 Å². The van der Waals surface area contributed by atoms with Crippen LogP contribution >= 0.6 is 11.3 Å². The zero-order chi connectivity index (χ0) is 17.2. The van der Waals surface area contributed by atoms with Crippen LogP contribution in [-0.2, 0) is 11.3 Å². The van der Waals surface area contributed by atoms with E-state index in [1.807, 2.05) is 55.5 Å². The van der Waals surface area contributed by atoms with Crippen molar-refractivity contribution in [3.8, 4) is 11.3 Å². The van der Waals surface area contributed by atoms with E-state index in [1.54, 1.807) is 6.07 Å². The van der Waals surface area contributed by atoms with Gasteiger partial charge in [-0.1, -0.05) is 47.1 Å². The van der Waals surface area contributed by atoms with Crippen molar-refractivity contribution in [1.82, 2.24) is 10.1 Å². The monoisotopic (exact) mass is 350 g/mol. The van der Waals surface area contributed by atoms with Gasteiger partial charge in [0, 0.05) is 11.6 Å². The summed E-state index contributed by atoms with van der Waals surface area (Å²) in [6.07, 6.45) is 0. The first-order valence-corrected chi connectivity index (χ1v) is 8.56. The second-order valence-electron chi connectivity index (χ2n) is 5.61. The molecular weight excluding hydrogens is 336 g/mol. The molecule has 0 fully saturated rings. The Balaban J connectivity index is 1.44. The average molecular weight is 350 g/mol. The van der Waals surface area contributed by atoms with Crippen LogP contribution in [0.3, 0.4) is 0 Å². The highest BCUT2D eigenvalue weighted by molar-refractivity contribution is 7.20. The molecule has 2 heterocycles. The van der Waals surface area contributed by atoms with Gasteiger partial charge in [-0.25, -0.2) is 9.78 Å². The van der Waals surface area contributed by atoms with Gasteiger partial charge < -0.3 is 9.26 Å². The Kier molecular flexibility index (Phi) is 4.03. The highest BCUT2D eigenvalue weighted by atomic mass is 32.1. The zero-order valence-corrected chi connectivity index (χ0v) is 14.2. The molecule has 2 aromatic heterocycles. The number of thiazole rings is 1. The molecule has 25 heavy (non-hydrogen) atoms. The molecule has 4 rings (SSSR count). The van der Waals surface area contributed by atoms with E-state index in [0.29, 0.717) is 16.5 Å². The van der Waals surface area contributed by atoms with Crippen LogP contribution in [0.5, 0.6) is 0 Å². The number of fused-ring (bicyclic) bond motifs is 1. The molecule has 5 nitrogen and oxygen atoms in total. The zero-order valence-electron chi connectivity index (χ0n) is 13.4. The first kappa shape index (κ1) is 15.5. The van der Waals surface area contributed by atoms with Crippen molar-refractivity contribution < 1.29 is 14.1 Å². The molecule has 0 bridgehead atoms. The molecule has 0 amide bonds. The van der Waals surface area contributed by atoms with E-state index >= 15 is 0 Å². The minimum atomic E-state index is -0.457. The number of hydrogen-bond donors (Lipinski definition) is 0. The van der Waals surface area contributed by atoms with Crippen LogP contribution in [-0.4, -0.2) is 16.1 Å². The molecule has 0 atom stereocenters. The number of carbonyl (C=O) groups is 1. The summed E-state index contributed by atoms with van der Waals surface area (Å²) in [5, 5.41) is 4.29. The fourth-order valence-corrected chi connectivity index (χ4v) is 3.25. The molecule has 0 spiro atoms. The maximum atomic E-state index is 12.2. The Morgan fingerprint density at radius 1 is 1.16 bits per heavy atom. The summed E-state index contributed by atoms with van der Waals surface area (Å²) in [6, 6.07) is 17.3. The predicted octanol–water partition coefficient (Wildman–Crippen LogP) is 4.62. The van der Waals surface area contributed by atoms with Gasteiger partial charge in [0.15, 0.2) is 5.76 Å². The minimum absolute atomic E-state index is 0.0458. The molecule has 0 saturated carbocycles. The van der Waals surface area contributed by atoms with E-state index < -0.39 is 5.97 Å². The molecular formula is C19H14N2O3S. The van der Waals surface area contributed by atoms with E-state index in [2.05, 4.69) is 10.1 Å². The first-order valence-electron chi connectivity index (χ1n) is 7.74. The van der Waals surface area contributed by atoms with Crippen molar-refractivity contribution in [1.29, 1.82) is 0 Å². The van der Waals surface area contributed by atoms with Crippen LogP contribution in [0.1, 0.15) is 21.1 Å². The smallest absolute Gasteiger partial charge is 0.367 e. The highest BCUT2D eigenvalue weighted by Gasteiger charge is 2.15.